The van der Waals surface area contributed by atoms with E-state index in [1.165, 1.54) is 19.1 Å². The van der Waals surface area contributed by atoms with Crippen LogP contribution in [-0.2, 0) is 4.74 Å². The summed E-state index contributed by atoms with van der Waals surface area (Å²) in [6.45, 7) is 14.2. The van der Waals surface area contributed by atoms with Crippen molar-refractivity contribution < 1.29 is 28.3 Å². The van der Waals surface area contributed by atoms with Crippen LogP contribution in [0.1, 0.15) is 52.8 Å². The SMILES string of the molecule is Cc1cc(-c2nc(-c3cc(F)c(OC[C@H](NC(=O)OC(C)(C)C)[C@@H](C)O)cc3C)no2)cc(NC(C)C)n1. The van der Waals surface area contributed by atoms with Crippen molar-refractivity contribution in [3.05, 3.63) is 41.3 Å². The second kappa shape index (κ2) is 11.8. The number of rotatable bonds is 9. The fraction of sp³-hybridized carbons (Fsp3) is 0.481. The van der Waals surface area contributed by atoms with Crippen molar-refractivity contribution in [1.29, 1.82) is 0 Å². The molecule has 1 aromatic carbocycles. The van der Waals surface area contributed by atoms with Gasteiger partial charge >= 0.3 is 6.09 Å². The molecule has 206 valence electrons. The molecule has 0 bridgehead atoms. The first-order chi connectivity index (χ1) is 17.7. The number of anilines is 1. The standard InChI is InChI=1S/C27H36FN5O5/c1-14(2)29-23-11-18(10-16(4)30-23)25-32-24(33-38-25)19-12-20(28)22(9-15(19)3)36-13-21(17(5)34)31-26(35)37-27(6,7)8/h9-12,14,17,21,34H,13H2,1-8H3,(H,29,30)(H,31,35)/t17-,21+/m1/s1. The van der Waals surface area contributed by atoms with Crippen LogP contribution in [0.15, 0.2) is 28.8 Å². The molecule has 0 spiro atoms. The number of hydrogen-bond acceptors (Lipinski definition) is 9. The molecule has 10 nitrogen and oxygen atoms in total. The molecule has 0 fully saturated rings. The van der Waals surface area contributed by atoms with Crippen molar-refractivity contribution in [1.82, 2.24) is 20.4 Å². The number of aliphatic hydroxyl groups is 1. The molecular weight excluding hydrogens is 493 g/mol. The Morgan fingerprint density at radius 1 is 1.13 bits per heavy atom. The van der Waals surface area contributed by atoms with Crippen molar-refractivity contribution in [3.63, 3.8) is 0 Å². The molecule has 2 atom stereocenters. The highest BCUT2D eigenvalue weighted by atomic mass is 19.1. The average Bonchev–Trinajstić information content (AvgIpc) is 3.26. The molecule has 0 unspecified atom stereocenters. The number of carbonyl (C=O) groups is 1. The van der Waals surface area contributed by atoms with Gasteiger partial charge in [0.15, 0.2) is 11.6 Å². The molecular formula is C27H36FN5O5. The Morgan fingerprint density at radius 2 is 1.84 bits per heavy atom. The molecule has 1 amide bonds. The van der Waals surface area contributed by atoms with Gasteiger partial charge in [-0.2, -0.15) is 4.98 Å². The number of benzene rings is 1. The quantitative estimate of drug-likeness (QED) is 0.349. The van der Waals surface area contributed by atoms with Crippen LogP contribution in [0, 0.1) is 19.7 Å². The molecule has 3 aromatic rings. The van der Waals surface area contributed by atoms with Gasteiger partial charge in [-0.3, -0.25) is 0 Å². The normalized spacial score (nSPS) is 13.2. The van der Waals surface area contributed by atoms with Crippen LogP contribution >= 0.6 is 0 Å². The largest absolute Gasteiger partial charge is 0.488 e. The van der Waals surface area contributed by atoms with Crippen molar-refractivity contribution in [2.24, 2.45) is 0 Å². The third-order valence-electron chi connectivity index (χ3n) is 5.29. The number of amides is 1. The number of aliphatic hydroxyl groups excluding tert-OH is 1. The number of halogens is 1. The summed E-state index contributed by atoms with van der Waals surface area (Å²) in [5.74, 6) is 0.507. The van der Waals surface area contributed by atoms with Gasteiger partial charge in [-0.1, -0.05) is 5.16 Å². The Kier molecular flexibility index (Phi) is 8.93. The third-order valence-corrected chi connectivity index (χ3v) is 5.29. The van der Waals surface area contributed by atoms with Crippen molar-refractivity contribution in [3.8, 4) is 28.6 Å². The summed E-state index contributed by atoms with van der Waals surface area (Å²) in [6.07, 6.45) is -1.67. The van der Waals surface area contributed by atoms with Crippen LogP contribution in [0.2, 0.25) is 0 Å². The molecule has 0 saturated carbocycles. The minimum atomic E-state index is -0.961. The highest BCUT2D eigenvalue weighted by Crippen LogP contribution is 2.30. The molecule has 0 aliphatic heterocycles. The molecule has 3 N–H and O–H groups in total. The first-order valence-corrected chi connectivity index (χ1v) is 12.4. The summed E-state index contributed by atoms with van der Waals surface area (Å²) in [4.78, 5) is 21.0. The summed E-state index contributed by atoms with van der Waals surface area (Å²) >= 11 is 0. The highest BCUT2D eigenvalue weighted by molar-refractivity contribution is 5.68. The fourth-order valence-electron chi connectivity index (χ4n) is 3.56. The van der Waals surface area contributed by atoms with E-state index in [1.807, 2.05) is 32.9 Å². The lowest BCUT2D eigenvalue weighted by atomic mass is 10.1. The Balaban J connectivity index is 1.76. The third kappa shape index (κ3) is 7.88. The van der Waals surface area contributed by atoms with E-state index >= 15 is 4.39 Å². The lowest BCUT2D eigenvalue weighted by Crippen LogP contribution is -2.47. The summed E-state index contributed by atoms with van der Waals surface area (Å²) in [5.41, 5.74) is 1.86. The molecule has 0 aliphatic rings. The number of carbonyl (C=O) groups excluding carboxylic acids is 1. The maximum Gasteiger partial charge on any atom is 0.408 e. The van der Waals surface area contributed by atoms with Gasteiger partial charge in [-0.05, 0) is 85.2 Å². The average molecular weight is 530 g/mol. The summed E-state index contributed by atoms with van der Waals surface area (Å²) in [7, 11) is 0. The Morgan fingerprint density at radius 3 is 2.47 bits per heavy atom. The molecule has 2 aromatic heterocycles. The molecule has 0 radical (unpaired) electrons. The lowest BCUT2D eigenvalue weighted by Gasteiger charge is -2.25. The van der Waals surface area contributed by atoms with Crippen LogP contribution in [0.25, 0.3) is 22.8 Å². The minimum absolute atomic E-state index is 0.0410. The number of nitrogens with zero attached hydrogens (tertiary/aromatic N) is 3. The molecule has 11 heteroatoms. The Bertz CT molecular complexity index is 1270. The van der Waals surface area contributed by atoms with E-state index in [4.69, 9.17) is 14.0 Å². The van der Waals surface area contributed by atoms with E-state index in [-0.39, 0.29) is 30.1 Å². The number of pyridine rings is 1. The van der Waals surface area contributed by atoms with Gasteiger partial charge in [0, 0.05) is 22.9 Å². The number of alkyl carbamates (subject to hydrolysis) is 1. The summed E-state index contributed by atoms with van der Waals surface area (Å²) in [5, 5.41) is 19.9. The highest BCUT2D eigenvalue weighted by Gasteiger charge is 2.24. The van der Waals surface area contributed by atoms with Crippen LogP contribution in [0.5, 0.6) is 5.75 Å². The van der Waals surface area contributed by atoms with Gasteiger partial charge < -0.3 is 29.7 Å². The van der Waals surface area contributed by atoms with Gasteiger partial charge in [0.2, 0.25) is 5.82 Å². The van der Waals surface area contributed by atoms with Crippen molar-refractivity contribution in [2.45, 2.75) is 79.2 Å². The maximum absolute atomic E-state index is 15.0. The summed E-state index contributed by atoms with van der Waals surface area (Å²) in [6, 6.07) is 5.81. The van der Waals surface area contributed by atoms with Gasteiger partial charge in [0.25, 0.3) is 5.89 Å². The zero-order valence-corrected chi connectivity index (χ0v) is 23.0. The van der Waals surface area contributed by atoms with Crippen LogP contribution in [0.4, 0.5) is 15.0 Å². The van der Waals surface area contributed by atoms with E-state index in [9.17, 15) is 9.90 Å². The zero-order chi connectivity index (χ0) is 28.2. The minimum Gasteiger partial charge on any atom is -0.488 e. The van der Waals surface area contributed by atoms with Gasteiger partial charge in [-0.25, -0.2) is 14.2 Å². The second-order valence-electron chi connectivity index (χ2n) is 10.5. The van der Waals surface area contributed by atoms with Crippen molar-refractivity contribution in [2.75, 3.05) is 11.9 Å². The predicted octanol–water partition coefficient (Wildman–Crippen LogP) is 5.03. The molecule has 0 saturated heterocycles. The van der Waals surface area contributed by atoms with Gasteiger partial charge in [-0.15, -0.1) is 0 Å². The molecule has 38 heavy (non-hydrogen) atoms. The van der Waals surface area contributed by atoms with Crippen LogP contribution < -0.4 is 15.4 Å². The van der Waals surface area contributed by atoms with Gasteiger partial charge in [0.1, 0.15) is 18.0 Å². The zero-order valence-electron chi connectivity index (χ0n) is 23.0. The van der Waals surface area contributed by atoms with Crippen molar-refractivity contribution >= 4 is 11.9 Å². The van der Waals surface area contributed by atoms with E-state index in [2.05, 4.69) is 25.8 Å². The number of nitrogens with one attached hydrogen (secondary N) is 2. The molecule has 3 rings (SSSR count). The second-order valence-corrected chi connectivity index (χ2v) is 10.5. The number of ether oxygens (including phenoxy) is 2. The number of aromatic nitrogens is 3. The van der Waals surface area contributed by atoms with Crippen LogP contribution in [0.3, 0.4) is 0 Å². The number of hydrogen-bond donors (Lipinski definition) is 3. The number of aryl methyl sites for hydroxylation is 2. The first-order valence-electron chi connectivity index (χ1n) is 12.4. The Hall–Kier alpha value is -3.73. The van der Waals surface area contributed by atoms with E-state index in [1.54, 1.807) is 27.7 Å². The predicted molar refractivity (Wildman–Crippen MR) is 141 cm³/mol. The summed E-state index contributed by atoms with van der Waals surface area (Å²) < 4.78 is 31.3. The smallest absolute Gasteiger partial charge is 0.408 e. The monoisotopic (exact) mass is 529 g/mol. The fourth-order valence-corrected chi connectivity index (χ4v) is 3.56. The van der Waals surface area contributed by atoms with Crippen LogP contribution in [-0.4, -0.2) is 56.7 Å². The Labute approximate surface area is 222 Å². The van der Waals surface area contributed by atoms with E-state index < -0.39 is 29.7 Å². The van der Waals surface area contributed by atoms with E-state index in [0.29, 0.717) is 22.5 Å². The molecule has 2 heterocycles. The maximum atomic E-state index is 15.0. The first kappa shape index (κ1) is 28.8. The topological polar surface area (TPSA) is 132 Å². The molecule has 0 aliphatic carbocycles. The van der Waals surface area contributed by atoms with Gasteiger partial charge in [0.05, 0.1) is 12.1 Å². The lowest BCUT2D eigenvalue weighted by molar-refractivity contribution is 0.0390. The van der Waals surface area contributed by atoms with E-state index in [0.717, 1.165) is 5.69 Å².